The predicted octanol–water partition coefficient (Wildman–Crippen LogP) is 4.07. The monoisotopic (exact) mass is 362 g/mol. The SMILES string of the molecule is COc1cc(O)c(C(=O)/C=C/c2cccc(Br)c2)c(OC)c1. The van der Waals surface area contributed by atoms with Crippen molar-refractivity contribution in [2.45, 2.75) is 0 Å². The quantitative estimate of drug-likeness (QED) is 0.643. The summed E-state index contributed by atoms with van der Waals surface area (Å²) in [5, 5.41) is 10.0. The molecule has 0 heterocycles. The lowest BCUT2D eigenvalue weighted by Gasteiger charge is -2.10. The number of carbonyl (C=O) groups is 1. The normalized spacial score (nSPS) is 10.7. The molecule has 2 rings (SSSR count). The molecule has 0 fully saturated rings. The van der Waals surface area contributed by atoms with Gasteiger partial charge in [0.2, 0.25) is 0 Å². The summed E-state index contributed by atoms with van der Waals surface area (Å²) in [5.41, 5.74) is 0.976. The van der Waals surface area contributed by atoms with Crippen LogP contribution in [-0.2, 0) is 0 Å². The summed E-state index contributed by atoms with van der Waals surface area (Å²) < 4.78 is 11.1. The number of phenols is 1. The van der Waals surface area contributed by atoms with Gasteiger partial charge in [0.05, 0.1) is 14.2 Å². The number of rotatable bonds is 5. The maximum Gasteiger partial charge on any atom is 0.193 e. The van der Waals surface area contributed by atoms with Gasteiger partial charge in [-0.1, -0.05) is 34.1 Å². The number of allylic oxidation sites excluding steroid dienone is 1. The number of methoxy groups -OCH3 is 2. The molecule has 0 aliphatic carbocycles. The topological polar surface area (TPSA) is 55.8 Å². The molecule has 0 bridgehead atoms. The van der Waals surface area contributed by atoms with Crippen LogP contribution in [0.2, 0.25) is 0 Å². The van der Waals surface area contributed by atoms with Crippen molar-refractivity contribution in [1.82, 2.24) is 0 Å². The van der Waals surface area contributed by atoms with Gasteiger partial charge in [-0.3, -0.25) is 4.79 Å². The lowest BCUT2D eigenvalue weighted by atomic mass is 10.1. The summed E-state index contributed by atoms with van der Waals surface area (Å²) >= 11 is 3.37. The summed E-state index contributed by atoms with van der Waals surface area (Å²) in [7, 11) is 2.91. The van der Waals surface area contributed by atoms with Gasteiger partial charge in [-0.2, -0.15) is 0 Å². The van der Waals surface area contributed by atoms with E-state index < -0.39 is 0 Å². The maximum absolute atomic E-state index is 12.3. The van der Waals surface area contributed by atoms with E-state index in [0.717, 1.165) is 10.0 Å². The molecule has 114 valence electrons. The van der Waals surface area contributed by atoms with E-state index in [1.807, 2.05) is 24.3 Å². The zero-order valence-electron chi connectivity index (χ0n) is 12.2. The van der Waals surface area contributed by atoms with Gasteiger partial charge in [0, 0.05) is 16.6 Å². The Kier molecular flexibility index (Phi) is 5.22. The predicted molar refractivity (Wildman–Crippen MR) is 88.7 cm³/mol. The van der Waals surface area contributed by atoms with E-state index in [-0.39, 0.29) is 22.8 Å². The number of benzene rings is 2. The number of hydrogen-bond acceptors (Lipinski definition) is 4. The lowest BCUT2D eigenvalue weighted by Crippen LogP contribution is -2.00. The van der Waals surface area contributed by atoms with Crippen molar-refractivity contribution in [1.29, 1.82) is 0 Å². The molecule has 0 unspecified atom stereocenters. The number of phenolic OH excluding ortho intramolecular Hbond substituents is 1. The van der Waals surface area contributed by atoms with Crippen LogP contribution in [0.15, 0.2) is 46.9 Å². The molecule has 0 atom stereocenters. The van der Waals surface area contributed by atoms with Crippen LogP contribution in [0.25, 0.3) is 6.08 Å². The smallest absolute Gasteiger partial charge is 0.193 e. The Balaban J connectivity index is 2.33. The van der Waals surface area contributed by atoms with Gasteiger partial charge >= 0.3 is 0 Å². The molecular weight excluding hydrogens is 348 g/mol. The first kappa shape index (κ1) is 16.1. The number of ether oxygens (including phenoxy) is 2. The highest BCUT2D eigenvalue weighted by Gasteiger charge is 2.17. The molecule has 4 nitrogen and oxygen atoms in total. The summed E-state index contributed by atoms with van der Waals surface area (Å²) in [4.78, 5) is 12.3. The van der Waals surface area contributed by atoms with E-state index in [4.69, 9.17) is 9.47 Å². The van der Waals surface area contributed by atoms with E-state index in [0.29, 0.717) is 5.75 Å². The molecule has 1 N–H and O–H groups in total. The lowest BCUT2D eigenvalue weighted by molar-refractivity contribution is 0.104. The number of hydrogen-bond donors (Lipinski definition) is 1. The van der Waals surface area contributed by atoms with Gasteiger partial charge in [0.1, 0.15) is 22.8 Å². The van der Waals surface area contributed by atoms with Crippen molar-refractivity contribution in [3.05, 3.63) is 58.1 Å². The zero-order chi connectivity index (χ0) is 16.1. The van der Waals surface area contributed by atoms with E-state index >= 15 is 0 Å². The Hall–Kier alpha value is -2.27. The Morgan fingerprint density at radius 2 is 1.95 bits per heavy atom. The second-order valence-electron chi connectivity index (χ2n) is 4.48. The molecule has 0 aromatic heterocycles. The third kappa shape index (κ3) is 3.68. The molecule has 0 amide bonds. The summed E-state index contributed by atoms with van der Waals surface area (Å²) in [6, 6.07) is 10.5. The molecular formula is C17H15BrO4. The molecule has 0 saturated heterocycles. The average molecular weight is 363 g/mol. The molecule has 5 heteroatoms. The minimum atomic E-state index is -0.350. The molecule has 22 heavy (non-hydrogen) atoms. The first-order valence-corrected chi connectivity index (χ1v) is 7.27. The highest BCUT2D eigenvalue weighted by Crippen LogP contribution is 2.33. The minimum Gasteiger partial charge on any atom is -0.507 e. The van der Waals surface area contributed by atoms with Gasteiger partial charge in [-0.05, 0) is 23.8 Å². The van der Waals surface area contributed by atoms with Crippen LogP contribution in [0.5, 0.6) is 17.2 Å². The Morgan fingerprint density at radius 3 is 2.59 bits per heavy atom. The summed E-state index contributed by atoms with van der Waals surface area (Å²) in [6.07, 6.45) is 3.07. The molecule has 0 aliphatic heterocycles. The van der Waals surface area contributed by atoms with Crippen molar-refractivity contribution in [2.24, 2.45) is 0 Å². The third-order valence-corrected chi connectivity index (χ3v) is 3.53. The number of ketones is 1. The van der Waals surface area contributed by atoms with E-state index in [9.17, 15) is 9.90 Å². The van der Waals surface area contributed by atoms with Crippen LogP contribution in [0.1, 0.15) is 15.9 Å². The van der Waals surface area contributed by atoms with Crippen LogP contribution in [0.4, 0.5) is 0 Å². The third-order valence-electron chi connectivity index (χ3n) is 3.03. The second-order valence-corrected chi connectivity index (χ2v) is 5.39. The Morgan fingerprint density at radius 1 is 1.18 bits per heavy atom. The Labute approximate surface area is 137 Å². The van der Waals surface area contributed by atoms with E-state index in [1.165, 1.54) is 26.4 Å². The van der Waals surface area contributed by atoms with Crippen LogP contribution >= 0.6 is 15.9 Å². The fraction of sp³-hybridized carbons (Fsp3) is 0.118. The molecule has 0 radical (unpaired) electrons. The van der Waals surface area contributed by atoms with Crippen LogP contribution < -0.4 is 9.47 Å². The second kappa shape index (κ2) is 7.13. The van der Waals surface area contributed by atoms with Gasteiger partial charge in [0.15, 0.2) is 5.78 Å². The number of carbonyl (C=O) groups excluding carboxylic acids is 1. The van der Waals surface area contributed by atoms with Gasteiger partial charge in [0.25, 0.3) is 0 Å². The van der Waals surface area contributed by atoms with Gasteiger partial charge in [-0.15, -0.1) is 0 Å². The zero-order valence-corrected chi connectivity index (χ0v) is 13.8. The van der Waals surface area contributed by atoms with E-state index in [1.54, 1.807) is 12.1 Å². The van der Waals surface area contributed by atoms with Gasteiger partial charge in [-0.25, -0.2) is 0 Å². The minimum absolute atomic E-state index is 0.106. The molecule has 2 aromatic carbocycles. The van der Waals surface area contributed by atoms with Crippen LogP contribution in [-0.4, -0.2) is 25.1 Å². The van der Waals surface area contributed by atoms with E-state index in [2.05, 4.69) is 15.9 Å². The van der Waals surface area contributed by atoms with Crippen LogP contribution in [0, 0.1) is 0 Å². The molecule has 0 spiro atoms. The summed E-state index contributed by atoms with van der Waals surface area (Å²) in [6.45, 7) is 0. The largest absolute Gasteiger partial charge is 0.507 e. The van der Waals surface area contributed by atoms with Crippen molar-refractivity contribution in [3.8, 4) is 17.2 Å². The number of halogens is 1. The van der Waals surface area contributed by atoms with Crippen molar-refractivity contribution >= 4 is 27.8 Å². The van der Waals surface area contributed by atoms with Crippen molar-refractivity contribution < 1.29 is 19.4 Å². The van der Waals surface area contributed by atoms with Gasteiger partial charge < -0.3 is 14.6 Å². The maximum atomic E-state index is 12.3. The number of aromatic hydroxyl groups is 1. The highest BCUT2D eigenvalue weighted by atomic mass is 79.9. The van der Waals surface area contributed by atoms with Crippen molar-refractivity contribution in [3.63, 3.8) is 0 Å². The fourth-order valence-electron chi connectivity index (χ4n) is 1.97. The average Bonchev–Trinajstić information content (AvgIpc) is 2.51. The summed E-state index contributed by atoms with van der Waals surface area (Å²) in [5.74, 6) is 0.152. The Bertz CT molecular complexity index is 723. The van der Waals surface area contributed by atoms with Crippen LogP contribution in [0.3, 0.4) is 0 Å². The molecule has 0 saturated carbocycles. The molecule has 0 aliphatic rings. The molecule has 2 aromatic rings. The first-order chi connectivity index (χ1) is 10.5. The van der Waals surface area contributed by atoms with Crippen molar-refractivity contribution in [2.75, 3.05) is 14.2 Å². The highest BCUT2D eigenvalue weighted by molar-refractivity contribution is 9.10. The first-order valence-electron chi connectivity index (χ1n) is 6.48. The standard InChI is InChI=1S/C17H15BrO4/c1-21-13-9-15(20)17(16(10-13)22-2)14(19)7-6-11-4-3-5-12(18)8-11/h3-10,20H,1-2H3/b7-6+. The fourth-order valence-corrected chi connectivity index (χ4v) is 2.39.